The molecule has 0 atom stereocenters. The van der Waals surface area contributed by atoms with E-state index in [1.807, 2.05) is 0 Å². The van der Waals surface area contributed by atoms with Gasteiger partial charge in [0.25, 0.3) is 0 Å². The molecule has 0 aliphatic carbocycles. The third kappa shape index (κ3) is 13.1. The summed E-state index contributed by atoms with van der Waals surface area (Å²) in [6, 6.07) is 0. The van der Waals surface area contributed by atoms with E-state index in [1.54, 1.807) is 6.54 Å². The van der Waals surface area contributed by atoms with Gasteiger partial charge in [-0.15, -0.1) is 0 Å². The van der Waals surface area contributed by atoms with Crippen molar-refractivity contribution in [2.45, 2.75) is 14.4 Å². The van der Waals surface area contributed by atoms with Gasteiger partial charge in [0.2, 0.25) is 0 Å². The van der Waals surface area contributed by atoms with Crippen LogP contribution in [0.4, 0.5) is 0 Å². The van der Waals surface area contributed by atoms with Crippen molar-refractivity contribution < 1.29 is 21.1 Å². The molecule has 0 aromatic carbocycles. The maximum Gasteiger partial charge on any atom is 0.117 e. The zero-order chi connectivity index (χ0) is 6.62. The molecule has 0 aliphatic heterocycles. The van der Waals surface area contributed by atoms with Crippen LogP contribution < -0.4 is 11.5 Å². The van der Waals surface area contributed by atoms with Crippen molar-refractivity contribution in [3.05, 3.63) is 6.54 Å². The Bertz CT molecular complexity index is 64.1. The Balaban J connectivity index is 0. The Hall–Kier alpha value is 2.07. The normalized spacial score (nSPS) is 10.7. The molecule has 0 spiro atoms. The molecule has 0 fully saturated rings. The van der Waals surface area contributed by atoms with E-state index in [1.165, 1.54) is 0 Å². The number of rotatable bonds is 3. The minimum Gasteiger partial charge on any atom is -0.483 e. The van der Waals surface area contributed by atoms with Gasteiger partial charge in [0, 0.05) is 21.1 Å². The van der Waals surface area contributed by atoms with Gasteiger partial charge in [0.1, 0.15) is 1.55 Å². The quantitative estimate of drug-likeness (QED) is 0.249. The van der Waals surface area contributed by atoms with Crippen LogP contribution in [0.15, 0.2) is 0 Å². The van der Waals surface area contributed by atoms with Crippen molar-refractivity contribution in [3.8, 4) is 0 Å². The molecule has 5 heteroatoms. The largest absolute Gasteiger partial charge is 0.483 e. The standard InChI is InChI=1S/C4H9I2N2.Pt/c5-4(6,8)2-1-3-7;/h3H,1-2,7-8H2;/q-1;. The van der Waals surface area contributed by atoms with E-state index < -0.39 is 0 Å². The molecule has 0 amide bonds. The maximum atomic E-state index is 5.62. The molecule has 0 saturated heterocycles. The van der Waals surface area contributed by atoms with Crippen molar-refractivity contribution >= 4 is 45.2 Å². The number of alkyl halides is 2. The number of hydrogen-bond acceptors (Lipinski definition) is 2. The van der Waals surface area contributed by atoms with Crippen molar-refractivity contribution in [1.82, 2.24) is 0 Å². The Labute approximate surface area is 97.4 Å². The summed E-state index contributed by atoms with van der Waals surface area (Å²) in [4.78, 5) is 0. The van der Waals surface area contributed by atoms with E-state index in [0.29, 0.717) is 0 Å². The summed E-state index contributed by atoms with van der Waals surface area (Å²) in [6.07, 6.45) is 1.83. The molecule has 2 nitrogen and oxygen atoms in total. The van der Waals surface area contributed by atoms with Gasteiger partial charge < -0.3 is 11.5 Å². The molecule has 0 rings (SSSR count). The summed E-state index contributed by atoms with van der Waals surface area (Å²) < 4.78 is -0.120. The van der Waals surface area contributed by atoms with Crippen LogP contribution in [-0.2, 0) is 21.1 Å². The third-order valence-corrected chi connectivity index (χ3v) is 1.72. The van der Waals surface area contributed by atoms with Crippen LogP contribution >= 0.6 is 45.2 Å². The number of hydrogen-bond donors (Lipinski definition) is 2. The van der Waals surface area contributed by atoms with Crippen LogP contribution in [0.5, 0.6) is 0 Å². The van der Waals surface area contributed by atoms with Crippen LogP contribution in [-0.4, -0.2) is 1.55 Å². The van der Waals surface area contributed by atoms with E-state index in [-0.39, 0.29) is 22.6 Å². The topological polar surface area (TPSA) is 52.0 Å². The van der Waals surface area contributed by atoms with Crippen molar-refractivity contribution in [2.24, 2.45) is 11.5 Å². The molecule has 0 aromatic heterocycles. The summed E-state index contributed by atoms with van der Waals surface area (Å²) in [5.74, 6) is 0. The van der Waals surface area contributed by atoms with E-state index >= 15 is 0 Å². The number of halogens is 2. The predicted octanol–water partition coefficient (Wildman–Crippen LogP) is 1.37. The summed E-state index contributed by atoms with van der Waals surface area (Å²) in [5, 5.41) is 0. The van der Waals surface area contributed by atoms with Crippen LogP contribution in [0, 0.1) is 6.54 Å². The fraction of sp³-hybridized carbons (Fsp3) is 0.750. The average molecular weight is 534 g/mol. The second kappa shape index (κ2) is 6.76. The molecule has 0 unspecified atom stereocenters. The molecule has 0 aromatic rings. The third-order valence-electron chi connectivity index (χ3n) is 0.644. The molecule has 0 aliphatic rings. The van der Waals surface area contributed by atoms with Gasteiger partial charge in [-0.25, -0.2) is 0 Å². The second-order valence-corrected chi connectivity index (χ2v) is 7.45. The Morgan fingerprint density at radius 2 is 1.89 bits per heavy atom. The molecule has 4 N–H and O–H groups in total. The molecule has 0 radical (unpaired) electrons. The fourth-order valence-electron chi connectivity index (χ4n) is 0.276. The zero-order valence-electron chi connectivity index (χ0n) is 4.72. The first kappa shape index (κ1) is 13.6. The van der Waals surface area contributed by atoms with Crippen LogP contribution in [0.1, 0.15) is 12.8 Å². The van der Waals surface area contributed by atoms with Gasteiger partial charge in [-0.1, -0.05) is 0 Å². The molecule has 9 heavy (non-hydrogen) atoms. The fourth-order valence-corrected chi connectivity index (χ4v) is 0.899. The van der Waals surface area contributed by atoms with E-state index in [2.05, 4.69) is 45.2 Å². The van der Waals surface area contributed by atoms with Crippen molar-refractivity contribution in [3.63, 3.8) is 0 Å². The Morgan fingerprint density at radius 3 is 2.00 bits per heavy atom. The van der Waals surface area contributed by atoms with Gasteiger partial charge in [0.05, 0.1) is 0 Å². The summed E-state index contributed by atoms with van der Waals surface area (Å²) in [7, 11) is 0. The first-order chi connectivity index (χ1) is 3.56. The van der Waals surface area contributed by atoms with Gasteiger partial charge in [-0.3, -0.25) is 6.54 Å². The monoisotopic (exact) mass is 534 g/mol. The van der Waals surface area contributed by atoms with E-state index in [0.717, 1.165) is 12.8 Å². The first-order valence-electron chi connectivity index (χ1n) is 2.26. The molecule has 0 heterocycles. The molecular weight excluding hydrogens is 525 g/mol. The maximum absolute atomic E-state index is 5.62. The predicted molar refractivity (Wildman–Crippen MR) is 52.7 cm³/mol. The van der Waals surface area contributed by atoms with E-state index in [9.17, 15) is 0 Å². The van der Waals surface area contributed by atoms with Gasteiger partial charge in [-0.05, 0) is 51.6 Å². The minimum absolute atomic E-state index is 0. The van der Waals surface area contributed by atoms with Gasteiger partial charge in [-0.2, -0.15) is 6.42 Å². The molecule has 0 saturated carbocycles. The molecule has 0 bridgehead atoms. The van der Waals surface area contributed by atoms with Crippen molar-refractivity contribution in [1.29, 1.82) is 0 Å². The SMILES string of the molecule is N[CH-]CCC(N)(I)I.[Pt]. The summed E-state index contributed by atoms with van der Waals surface area (Å²) >= 11 is 4.38. The van der Waals surface area contributed by atoms with Crippen LogP contribution in [0.2, 0.25) is 0 Å². The van der Waals surface area contributed by atoms with Gasteiger partial charge >= 0.3 is 0 Å². The van der Waals surface area contributed by atoms with Gasteiger partial charge in [0.15, 0.2) is 0 Å². The van der Waals surface area contributed by atoms with Crippen molar-refractivity contribution in [2.75, 3.05) is 0 Å². The second-order valence-electron chi connectivity index (χ2n) is 1.54. The Kier molecular flexibility index (Phi) is 10.2. The summed E-state index contributed by atoms with van der Waals surface area (Å²) in [5.41, 5.74) is 10.8. The Morgan fingerprint density at radius 1 is 1.44 bits per heavy atom. The van der Waals surface area contributed by atoms with E-state index in [4.69, 9.17) is 11.5 Å². The molecule has 60 valence electrons. The number of nitrogens with two attached hydrogens (primary N) is 2. The van der Waals surface area contributed by atoms with Crippen LogP contribution in [0.25, 0.3) is 0 Å². The average Bonchev–Trinajstić information content (AvgIpc) is 1.59. The first-order valence-corrected chi connectivity index (χ1v) is 4.42. The summed E-state index contributed by atoms with van der Waals surface area (Å²) in [6.45, 7) is 1.64. The van der Waals surface area contributed by atoms with Crippen LogP contribution in [0.3, 0.4) is 0 Å². The zero-order valence-corrected chi connectivity index (χ0v) is 11.3. The smallest absolute Gasteiger partial charge is 0.117 e. The minimum atomic E-state index is -0.120. The molecular formula is C4H9I2N2Pt-.